The van der Waals surface area contributed by atoms with Gasteiger partial charge in [-0.15, -0.1) is 0 Å². The van der Waals surface area contributed by atoms with E-state index in [0.717, 1.165) is 11.3 Å². The van der Waals surface area contributed by atoms with Crippen molar-refractivity contribution in [2.24, 2.45) is 0 Å². The minimum absolute atomic E-state index is 0.237. The molecule has 4 heteroatoms. The molecule has 1 heterocycles. The highest BCUT2D eigenvalue weighted by atomic mass is 35.5. The second-order valence-corrected chi connectivity index (χ2v) is 4.84. The van der Waals surface area contributed by atoms with Gasteiger partial charge >= 0.3 is 6.09 Å². The van der Waals surface area contributed by atoms with E-state index in [4.69, 9.17) is 16.3 Å². The van der Waals surface area contributed by atoms with Gasteiger partial charge in [0.2, 0.25) is 0 Å². The molecular weight excluding hydrogens is 262 g/mol. The smallest absolute Gasteiger partial charge is 0.419 e. The summed E-state index contributed by atoms with van der Waals surface area (Å²) in [5.74, 6) is 0. The van der Waals surface area contributed by atoms with E-state index in [0.29, 0.717) is 10.7 Å². The van der Waals surface area contributed by atoms with Crippen molar-refractivity contribution in [2.75, 3.05) is 4.90 Å². The normalized spacial score (nSPS) is 17.9. The SMILES string of the molecule is CC1OC(=O)N(c2cccc(Cl)c2)c2ccccc21. The summed E-state index contributed by atoms with van der Waals surface area (Å²) in [4.78, 5) is 13.7. The highest BCUT2D eigenvalue weighted by Crippen LogP contribution is 2.39. The maximum Gasteiger partial charge on any atom is 0.419 e. The number of carbonyl (C=O) groups is 1. The topological polar surface area (TPSA) is 29.5 Å². The van der Waals surface area contributed by atoms with Crippen molar-refractivity contribution in [1.82, 2.24) is 0 Å². The van der Waals surface area contributed by atoms with E-state index in [2.05, 4.69) is 0 Å². The van der Waals surface area contributed by atoms with Crippen molar-refractivity contribution in [3.8, 4) is 0 Å². The molecular formula is C15H12ClNO2. The fourth-order valence-corrected chi connectivity index (χ4v) is 2.44. The van der Waals surface area contributed by atoms with Gasteiger partial charge in [-0.3, -0.25) is 0 Å². The lowest BCUT2D eigenvalue weighted by molar-refractivity contribution is 0.111. The standard InChI is InChI=1S/C15H12ClNO2/c1-10-13-7-2-3-8-14(13)17(15(18)19-10)12-6-4-5-11(16)9-12/h2-10H,1H3. The number of fused-ring (bicyclic) bond motifs is 1. The van der Waals surface area contributed by atoms with Crippen molar-refractivity contribution in [3.05, 3.63) is 59.1 Å². The summed E-state index contributed by atoms with van der Waals surface area (Å²) < 4.78 is 5.36. The highest BCUT2D eigenvalue weighted by molar-refractivity contribution is 6.31. The van der Waals surface area contributed by atoms with Gasteiger partial charge < -0.3 is 4.74 Å². The summed E-state index contributed by atoms with van der Waals surface area (Å²) in [6.45, 7) is 1.87. The maximum absolute atomic E-state index is 12.1. The Hall–Kier alpha value is -2.00. The maximum atomic E-state index is 12.1. The van der Waals surface area contributed by atoms with Crippen LogP contribution in [-0.4, -0.2) is 6.09 Å². The summed E-state index contributed by atoms with van der Waals surface area (Å²) in [6, 6.07) is 14.9. The minimum atomic E-state index is -0.381. The molecule has 1 atom stereocenters. The van der Waals surface area contributed by atoms with Crippen molar-refractivity contribution in [1.29, 1.82) is 0 Å². The molecule has 0 N–H and O–H groups in total. The number of hydrogen-bond donors (Lipinski definition) is 0. The molecule has 1 aliphatic heterocycles. The Morgan fingerprint density at radius 2 is 1.95 bits per heavy atom. The third-order valence-corrected chi connectivity index (χ3v) is 3.38. The Morgan fingerprint density at radius 1 is 1.16 bits per heavy atom. The third-order valence-electron chi connectivity index (χ3n) is 3.14. The van der Waals surface area contributed by atoms with Crippen LogP contribution in [0.15, 0.2) is 48.5 Å². The molecule has 0 fully saturated rings. The lowest BCUT2D eigenvalue weighted by atomic mass is 10.1. The molecule has 0 spiro atoms. The van der Waals surface area contributed by atoms with Gasteiger partial charge in [-0.1, -0.05) is 35.9 Å². The summed E-state index contributed by atoms with van der Waals surface area (Å²) in [7, 11) is 0. The molecule has 0 aliphatic carbocycles. The molecule has 19 heavy (non-hydrogen) atoms. The van der Waals surface area contributed by atoms with Crippen LogP contribution in [-0.2, 0) is 4.74 Å². The van der Waals surface area contributed by atoms with E-state index in [-0.39, 0.29) is 12.2 Å². The van der Waals surface area contributed by atoms with Crippen LogP contribution < -0.4 is 4.90 Å². The zero-order chi connectivity index (χ0) is 13.4. The Balaban J connectivity index is 2.15. The summed E-state index contributed by atoms with van der Waals surface area (Å²) in [6.07, 6.45) is -0.618. The van der Waals surface area contributed by atoms with E-state index in [1.54, 1.807) is 17.0 Å². The van der Waals surface area contributed by atoms with Crippen LogP contribution >= 0.6 is 11.6 Å². The lowest BCUT2D eigenvalue weighted by Gasteiger charge is -2.32. The van der Waals surface area contributed by atoms with Crippen LogP contribution in [0.3, 0.4) is 0 Å². The number of ether oxygens (including phenoxy) is 1. The predicted molar refractivity (Wildman–Crippen MR) is 74.9 cm³/mol. The first-order chi connectivity index (χ1) is 9.16. The van der Waals surface area contributed by atoms with Crippen molar-refractivity contribution in [3.63, 3.8) is 0 Å². The Bertz CT molecular complexity index is 642. The first-order valence-corrected chi connectivity index (χ1v) is 6.40. The minimum Gasteiger partial charge on any atom is -0.441 e. The quantitative estimate of drug-likeness (QED) is 0.754. The van der Waals surface area contributed by atoms with Gasteiger partial charge in [-0.05, 0) is 31.2 Å². The average molecular weight is 274 g/mol. The van der Waals surface area contributed by atoms with Crippen LogP contribution in [0.1, 0.15) is 18.6 Å². The van der Waals surface area contributed by atoms with E-state index < -0.39 is 0 Å². The number of nitrogens with zero attached hydrogens (tertiary/aromatic N) is 1. The van der Waals surface area contributed by atoms with E-state index >= 15 is 0 Å². The van der Waals surface area contributed by atoms with Crippen molar-refractivity contribution >= 4 is 29.1 Å². The molecule has 0 bridgehead atoms. The fourth-order valence-electron chi connectivity index (χ4n) is 2.26. The van der Waals surface area contributed by atoms with Gasteiger partial charge in [-0.25, -0.2) is 9.69 Å². The monoisotopic (exact) mass is 273 g/mol. The highest BCUT2D eigenvalue weighted by Gasteiger charge is 2.31. The number of halogens is 1. The van der Waals surface area contributed by atoms with Crippen LogP contribution in [0.4, 0.5) is 16.2 Å². The van der Waals surface area contributed by atoms with Gasteiger partial charge in [0.15, 0.2) is 0 Å². The number of carbonyl (C=O) groups excluding carboxylic acids is 1. The number of para-hydroxylation sites is 1. The summed E-state index contributed by atoms with van der Waals surface area (Å²) >= 11 is 5.99. The molecule has 2 aromatic rings. The number of rotatable bonds is 1. The number of cyclic esters (lactones) is 1. The van der Waals surface area contributed by atoms with Gasteiger partial charge in [0.05, 0.1) is 11.4 Å². The molecule has 96 valence electrons. The van der Waals surface area contributed by atoms with Crippen LogP contribution in [0.2, 0.25) is 5.02 Å². The molecule has 0 radical (unpaired) electrons. The number of amides is 1. The van der Waals surface area contributed by atoms with Crippen molar-refractivity contribution < 1.29 is 9.53 Å². The van der Waals surface area contributed by atoms with E-state index in [1.165, 1.54) is 0 Å². The van der Waals surface area contributed by atoms with Gasteiger partial charge in [-0.2, -0.15) is 0 Å². The van der Waals surface area contributed by atoms with E-state index in [1.807, 2.05) is 43.3 Å². The van der Waals surface area contributed by atoms with Crippen LogP contribution in [0.25, 0.3) is 0 Å². The molecule has 1 amide bonds. The van der Waals surface area contributed by atoms with Crippen LogP contribution in [0, 0.1) is 0 Å². The largest absolute Gasteiger partial charge is 0.441 e. The van der Waals surface area contributed by atoms with Crippen LogP contribution in [0.5, 0.6) is 0 Å². The Labute approximate surface area is 116 Å². The molecule has 3 nitrogen and oxygen atoms in total. The Kier molecular flexibility index (Phi) is 2.91. The number of benzene rings is 2. The first-order valence-electron chi connectivity index (χ1n) is 6.02. The van der Waals surface area contributed by atoms with Gasteiger partial charge in [0.25, 0.3) is 0 Å². The zero-order valence-electron chi connectivity index (χ0n) is 10.3. The number of hydrogen-bond acceptors (Lipinski definition) is 2. The third kappa shape index (κ3) is 2.06. The first kappa shape index (κ1) is 12.1. The Morgan fingerprint density at radius 3 is 2.74 bits per heavy atom. The fraction of sp³-hybridized carbons (Fsp3) is 0.133. The van der Waals surface area contributed by atoms with Gasteiger partial charge in [0, 0.05) is 10.6 Å². The zero-order valence-corrected chi connectivity index (χ0v) is 11.1. The molecule has 0 saturated carbocycles. The average Bonchev–Trinajstić information content (AvgIpc) is 2.39. The molecule has 1 unspecified atom stereocenters. The van der Waals surface area contributed by atoms with Crippen molar-refractivity contribution in [2.45, 2.75) is 13.0 Å². The molecule has 3 rings (SSSR count). The van der Waals surface area contributed by atoms with Gasteiger partial charge in [0.1, 0.15) is 6.10 Å². The molecule has 2 aromatic carbocycles. The molecule has 0 saturated heterocycles. The molecule has 1 aliphatic rings. The lowest BCUT2D eigenvalue weighted by Crippen LogP contribution is -2.33. The van der Waals surface area contributed by atoms with E-state index in [9.17, 15) is 4.79 Å². The second kappa shape index (κ2) is 4.59. The summed E-state index contributed by atoms with van der Waals surface area (Å²) in [5.41, 5.74) is 2.53. The number of anilines is 2. The predicted octanol–water partition coefficient (Wildman–Crippen LogP) is 4.69. The molecule has 0 aromatic heterocycles. The summed E-state index contributed by atoms with van der Waals surface area (Å²) in [5, 5.41) is 0.585. The second-order valence-electron chi connectivity index (χ2n) is 4.40.